The molecule has 2 aromatic heterocycles. The highest BCUT2D eigenvalue weighted by Gasteiger charge is 2.15. The highest BCUT2D eigenvalue weighted by Crippen LogP contribution is 2.29. The second kappa shape index (κ2) is 5.05. The van der Waals surface area contributed by atoms with Crippen LogP contribution in [0.3, 0.4) is 0 Å². The summed E-state index contributed by atoms with van der Waals surface area (Å²) in [6, 6.07) is 4.68. The molecule has 0 saturated carbocycles. The molecule has 0 aliphatic rings. The molecule has 0 fully saturated rings. The Morgan fingerprint density at radius 1 is 1.50 bits per heavy atom. The molecular formula is C10H7ClFNO2S. The first-order chi connectivity index (χ1) is 7.18. The lowest BCUT2D eigenvalue weighted by atomic mass is 10.2. The van der Waals surface area contributed by atoms with E-state index in [0.29, 0.717) is 10.4 Å². The third-order valence-corrected chi connectivity index (χ3v) is 2.97. The molecule has 0 aliphatic carbocycles. The van der Waals surface area contributed by atoms with Crippen LogP contribution in [0.1, 0.15) is 9.67 Å². The van der Waals surface area contributed by atoms with Crippen molar-refractivity contribution in [1.82, 2.24) is 4.98 Å². The molecule has 0 aliphatic heterocycles. The van der Waals surface area contributed by atoms with E-state index < -0.39 is 11.8 Å². The minimum Gasteiger partial charge on any atom is -0.477 e. The molecule has 6 heteroatoms. The van der Waals surface area contributed by atoms with Gasteiger partial charge < -0.3 is 5.11 Å². The summed E-state index contributed by atoms with van der Waals surface area (Å²) < 4.78 is 13.2. The Balaban J connectivity index is 0.00000128. The van der Waals surface area contributed by atoms with Crippen molar-refractivity contribution >= 4 is 29.7 Å². The van der Waals surface area contributed by atoms with Crippen LogP contribution in [0, 0.1) is 5.82 Å². The van der Waals surface area contributed by atoms with Crippen molar-refractivity contribution < 1.29 is 14.3 Å². The van der Waals surface area contributed by atoms with Gasteiger partial charge >= 0.3 is 5.97 Å². The molecule has 0 radical (unpaired) electrons. The van der Waals surface area contributed by atoms with Gasteiger partial charge in [-0.2, -0.15) is 0 Å². The summed E-state index contributed by atoms with van der Waals surface area (Å²) in [7, 11) is 0. The topological polar surface area (TPSA) is 50.2 Å². The molecule has 2 aromatic rings. The van der Waals surface area contributed by atoms with E-state index in [1.807, 2.05) is 0 Å². The predicted molar refractivity (Wildman–Crippen MR) is 61.7 cm³/mol. The number of rotatable bonds is 2. The first-order valence-corrected chi connectivity index (χ1v) is 4.93. The average molecular weight is 260 g/mol. The number of hydrogen-bond donors (Lipinski definition) is 1. The lowest BCUT2D eigenvalue weighted by Crippen LogP contribution is -1.93. The maximum Gasteiger partial charge on any atom is 0.348 e. The van der Waals surface area contributed by atoms with Gasteiger partial charge in [0.05, 0.1) is 0 Å². The van der Waals surface area contributed by atoms with Gasteiger partial charge in [-0.3, -0.25) is 4.98 Å². The van der Waals surface area contributed by atoms with E-state index in [0.717, 1.165) is 11.3 Å². The molecule has 0 amide bonds. The summed E-state index contributed by atoms with van der Waals surface area (Å²) in [5.74, 6) is -1.95. The Morgan fingerprint density at radius 2 is 2.25 bits per heavy atom. The summed E-state index contributed by atoms with van der Waals surface area (Å²) in [5, 5.41) is 8.68. The normalized spacial score (nSPS) is 9.56. The number of aromatic carboxylic acids is 1. The van der Waals surface area contributed by atoms with Crippen LogP contribution in [0.25, 0.3) is 10.4 Å². The Hall–Kier alpha value is -1.46. The van der Waals surface area contributed by atoms with E-state index in [9.17, 15) is 9.18 Å². The quantitative estimate of drug-likeness (QED) is 0.902. The molecule has 2 rings (SSSR count). The number of nitrogens with zero attached hydrogens (tertiary/aromatic N) is 1. The zero-order chi connectivity index (χ0) is 10.8. The lowest BCUT2D eigenvalue weighted by molar-refractivity contribution is 0.0697. The number of carboxylic acids is 1. The van der Waals surface area contributed by atoms with Gasteiger partial charge in [-0.15, -0.1) is 23.7 Å². The van der Waals surface area contributed by atoms with E-state index in [-0.39, 0.29) is 17.3 Å². The number of hydrogen-bond acceptors (Lipinski definition) is 3. The molecule has 0 atom stereocenters. The van der Waals surface area contributed by atoms with Crippen LogP contribution < -0.4 is 0 Å². The van der Waals surface area contributed by atoms with E-state index in [2.05, 4.69) is 4.98 Å². The van der Waals surface area contributed by atoms with Crippen molar-refractivity contribution in [2.75, 3.05) is 0 Å². The van der Waals surface area contributed by atoms with Gasteiger partial charge in [0, 0.05) is 22.8 Å². The number of carbonyl (C=O) groups is 1. The van der Waals surface area contributed by atoms with Crippen LogP contribution in [0.15, 0.2) is 30.6 Å². The first kappa shape index (κ1) is 12.6. The Bertz CT molecular complexity index is 501. The monoisotopic (exact) mass is 259 g/mol. The van der Waals surface area contributed by atoms with E-state index in [1.165, 1.54) is 6.07 Å². The number of aromatic nitrogens is 1. The molecule has 0 saturated heterocycles. The van der Waals surface area contributed by atoms with Crippen molar-refractivity contribution in [2.24, 2.45) is 0 Å². The van der Waals surface area contributed by atoms with Crippen molar-refractivity contribution in [1.29, 1.82) is 0 Å². The van der Waals surface area contributed by atoms with Crippen LogP contribution in [0.4, 0.5) is 4.39 Å². The Kier molecular flexibility index (Phi) is 3.98. The molecule has 1 N–H and O–H groups in total. The molecule has 16 heavy (non-hydrogen) atoms. The average Bonchev–Trinajstić information content (AvgIpc) is 2.62. The number of thiophene rings is 1. The predicted octanol–water partition coefficient (Wildman–Crippen LogP) is 3.07. The summed E-state index contributed by atoms with van der Waals surface area (Å²) >= 11 is 0.906. The SMILES string of the molecule is Cl.O=C(O)c1sc(-c2cccnc2)cc1F. The molecule has 0 spiro atoms. The fraction of sp³-hybridized carbons (Fsp3) is 0. The first-order valence-electron chi connectivity index (χ1n) is 4.11. The highest BCUT2D eigenvalue weighted by molar-refractivity contribution is 7.17. The molecule has 2 heterocycles. The summed E-state index contributed by atoms with van der Waals surface area (Å²) in [4.78, 5) is 14.8. The molecule has 0 unspecified atom stereocenters. The van der Waals surface area contributed by atoms with Gasteiger partial charge in [-0.05, 0) is 12.1 Å². The van der Waals surface area contributed by atoms with Crippen LogP contribution in [0.5, 0.6) is 0 Å². The molecule has 3 nitrogen and oxygen atoms in total. The number of carboxylic acid groups (broad SMARTS) is 1. The smallest absolute Gasteiger partial charge is 0.348 e. The Labute approximate surface area is 101 Å². The summed E-state index contributed by atoms with van der Waals surface area (Å²) in [5.41, 5.74) is 0.717. The van der Waals surface area contributed by atoms with Crippen LogP contribution in [0.2, 0.25) is 0 Å². The van der Waals surface area contributed by atoms with Crippen LogP contribution >= 0.6 is 23.7 Å². The highest BCUT2D eigenvalue weighted by atomic mass is 35.5. The van der Waals surface area contributed by atoms with E-state index in [4.69, 9.17) is 5.11 Å². The second-order valence-electron chi connectivity index (χ2n) is 2.83. The van der Waals surface area contributed by atoms with Crippen molar-refractivity contribution in [2.45, 2.75) is 0 Å². The van der Waals surface area contributed by atoms with Crippen LogP contribution in [-0.2, 0) is 0 Å². The zero-order valence-electron chi connectivity index (χ0n) is 7.88. The maximum absolute atomic E-state index is 13.2. The van der Waals surface area contributed by atoms with Crippen molar-refractivity contribution in [3.05, 3.63) is 41.3 Å². The molecule has 84 valence electrons. The number of halogens is 2. The van der Waals surface area contributed by atoms with Crippen molar-refractivity contribution in [3.63, 3.8) is 0 Å². The van der Waals surface area contributed by atoms with E-state index in [1.54, 1.807) is 24.5 Å². The third kappa shape index (κ3) is 2.37. The molecular weight excluding hydrogens is 253 g/mol. The fourth-order valence-corrected chi connectivity index (χ4v) is 2.03. The minimum absolute atomic E-state index is 0. The fourth-order valence-electron chi connectivity index (χ4n) is 1.17. The second-order valence-corrected chi connectivity index (χ2v) is 3.89. The van der Waals surface area contributed by atoms with Gasteiger partial charge in [0.1, 0.15) is 10.7 Å². The van der Waals surface area contributed by atoms with Gasteiger partial charge in [-0.1, -0.05) is 6.07 Å². The van der Waals surface area contributed by atoms with Gasteiger partial charge in [-0.25, -0.2) is 9.18 Å². The minimum atomic E-state index is -1.24. The zero-order valence-corrected chi connectivity index (χ0v) is 9.52. The summed E-state index contributed by atoms with van der Waals surface area (Å²) in [6.45, 7) is 0. The largest absolute Gasteiger partial charge is 0.477 e. The maximum atomic E-state index is 13.2. The Morgan fingerprint density at radius 3 is 2.75 bits per heavy atom. The van der Waals surface area contributed by atoms with Gasteiger partial charge in [0.25, 0.3) is 0 Å². The van der Waals surface area contributed by atoms with E-state index >= 15 is 0 Å². The lowest BCUT2D eigenvalue weighted by Gasteiger charge is -1.92. The van der Waals surface area contributed by atoms with Crippen LogP contribution in [-0.4, -0.2) is 16.1 Å². The molecule has 0 bridgehead atoms. The summed E-state index contributed by atoms with van der Waals surface area (Å²) in [6.07, 6.45) is 3.17. The molecule has 0 aromatic carbocycles. The third-order valence-electron chi connectivity index (χ3n) is 1.83. The standard InChI is InChI=1S/C10H6FNO2S.ClH/c11-7-4-8(15-9(7)10(13)14)6-2-1-3-12-5-6;/h1-5H,(H,13,14);1H. The van der Waals surface area contributed by atoms with Crippen molar-refractivity contribution in [3.8, 4) is 10.4 Å². The number of pyridine rings is 1. The van der Waals surface area contributed by atoms with Gasteiger partial charge in [0.2, 0.25) is 0 Å². The van der Waals surface area contributed by atoms with Gasteiger partial charge in [0.15, 0.2) is 0 Å².